The molecule has 0 aliphatic carbocycles. The molecule has 2 heterocycles. The number of anilines is 1. The summed E-state index contributed by atoms with van der Waals surface area (Å²) in [5, 5.41) is 3.08. The Morgan fingerprint density at radius 3 is 2.72 bits per heavy atom. The first-order chi connectivity index (χ1) is 8.67. The largest absolute Gasteiger partial charge is 0.461 e. The first-order valence-corrected chi connectivity index (χ1v) is 6.75. The normalized spacial score (nSPS) is 10.7. The maximum absolute atomic E-state index is 5.45. The van der Waals surface area contributed by atoms with Crippen molar-refractivity contribution in [2.24, 2.45) is 0 Å². The lowest BCUT2D eigenvalue weighted by atomic mass is 10.2. The molecule has 2 rings (SSSR count). The molecule has 2 aromatic heterocycles. The molecule has 4 nitrogen and oxygen atoms in total. The van der Waals surface area contributed by atoms with Crippen LogP contribution in [0.5, 0.6) is 0 Å². The SMILES string of the molecule is CCCc1nc(-c2occc2C)nc(NC)c1Br. The second-order valence-corrected chi connectivity index (χ2v) is 4.88. The maximum Gasteiger partial charge on any atom is 0.198 e. The molecule has 0 aliphatic heterocycles. The number of nitrogens with one attached hydrogen (secondary N) is 1. The van der Waals surface area contributed by atoms with Crippen LogP contribution in [-0.2, 0) is 6.42 Å². The highest BCUT2D eigenvalue weighted by atomic mass is 79.9. The molecule has 0 saturated carbocycles. The van der Waals surface area contributed by atoms with E-state index in [0.29, 0.717) is 5.82 Å². The van der Waals surface area contributed by atoms with Crippen LogP contribution in [0, 0.1) is 6.92 Å². The van der Waals surface area contributed by atoms with Crippen LogP contribution in [0.4, 0.5) is 5.82 Å². The zero-order valence-corrected chi connectivity index (χ0v) is 12.3. The van der Waals surface area contributed by atoms with Crippen molar-refractivity contribution >= 4 is 21.7 Å². The first kappa shape index (κ1) is 13.1. The van der Waals surface area contributed by atoms with E-state index < -0.39 is 0 Å². The fourth-order valence-electron chi connectivity index (χ4n) is 1.77. The van der Waals surface area contributed by atoms with Gasteiger partial charge >= 0.3 is 0 Å². The van der Waals surface area contributed by atoms with Crippen molar-refractivity contribution in [1.29, 1.82) is 0 Å². The Kier molecular flexibility index (Phi) is 4.01. The van der Waals surface area contributed by atoms with Gasteiger partial charge in [0.2, 0.25) is 0 Å². The lowest BCUT2D eigenvalue weighted by Crippen LogP contribution is -2.03. The van der Waals surface area contributed by atoms with Crippen molar-refractivity contribution in [3.63, 3.8) is 0 Å². The predicted octanol–water partition coefficient (Wildman–Crippen LogP) is 3.80. The van der Waals surface area contributed by atoms with Crippen LogP contribution < -0.4 is 5.32 Å². The fraction of sp³-hybridized carbons (Fsp3) is 0.385. The standard InChI is InChI=1S/C13H16BrN3O/c1-4-5-9-10(14)12(15-3)17-13(16-9)11-8(2)6-7-18-11/h6-7H,4-5H2,1-3H3,(H,15,16,17). The van der Waals surface area contributed by atoms with Gasteiger partial charge in [0, 0.05) is 7.05 Å². The van der Waals surface area contributed by atoms with Crippen molar-refractivity contribution < 1.29 is 4.42 Å². The van der Waals surface area contributed by atoms with E-state index in [-0.39, 0.29) is 0 Å². The molecular formula is C13H16BrN3O. The number of hydrogen-bond acceptors (Lipinski definition) is 4. The molecule has 0 atom stereocenters. The number of hydrogen-bond donors (Lipinski definition) is 1. The number of furan rings is 1. The van der Waals surface area contributed by atoms with Crippen LogP contribution in [0.1, 0.15) is 24.6 Å². The Labute approximate surface area is 115 Å². The number of nitrogens with zero attached hydrogens (tertiary/aromatic N) is 2. The Morgan fingerprint density at radius 2 is 2.17 bits per heavy atom. The number of aryl methyl sites for hydroxylation is 2. The lowest BCUT2D eigenvalue weighted by molar-refractivity contribution is 0.575. The fourth-order valence-corrected chi connectivity index (χ4v) is 2.34. The van der Waals surface area contributed by atoms with Crippen molar-refractivity contribution in [2.75, 3.05) is 12.4 Å². The van der Waals surface area contributed by atoms with Gasteiger partial charge in [0.05, 0.1) is 16.4 Å². The molecule has 2 aromatic rings. The van der Waals surface area contributed by atoms with Gasteiger partial charge in [-0.3, -0.25) is 0 Å². The summed E-state index contributed by atoms with van der Waals surface area (Å²) in [4.78, 5) is 9.06. The molecule has 96 valence electrons. The molecule has 0 fully saturated rings. The van der Waals surface area contributed by atoms with Crippen molar-refractivity contribution in [1.82, 2.24) is 9.97 Å². The lowest BCUT2D eigenvalue weighted by Gasteiger charge is -2.09. The van der Waals surface area contributed by atoms with E-state index >= 15 is 0 Å². The van der Waals surface area contributed by atoms with E-state index in [1.807, 2.05) is 20.0 Å². The first-order valence-electron chi connectivity index (χ1n) is 5.96. The summed E-state index contributed by atoms with van der Waals surface area (Å²) in [7, 11) is 1.85. The average Bonchev–Trinajstić information content (AvgIpc) is 2.78. The van der Waals surface area contributed by atoms with Crippen molar-refractivity contribution in [3.05, 3.63) is 28.1 Å². The zero-order chi connectivity index (χ0) is 13.1. The smallest absolute Gasteiger partial charge is 0.198 e. The Balaban J connectivity index is 2.55. The molecule has 0 radical (unpaired) electrons. The molecule has 1 N–H and O–H groups in total. The molecule has 0 amide bonds. The summed E-state index contributed by atoms with van der Waals surface area (Å²) >= 11 is 3.54. The topological polar surface area (TPSA) is 51.0 Å². The summed E-state index contributed by atoms with van der Waals surface area (Å²) in [6.07, 6.45) is 3.61. The minimum absolute atomic E-state index is 0.633. The van der Waals surface area contributed by atoms with Crippen LogP contribution in [-0.4, -0.2) is 17.0 Å². The van der Waals surface area contributed by atoms with Crippen LogP contribution in [0.2, 0.25) is 0 Å². The third-order valence-electron chi connectivity index (χ3n) is 2.71. The third kappa shape index (κ3) is 2.41. The molecule has 0 unspecified atom stereocenters. The highest BCUT2D eigenvalue weighted by Gasteiger charge is 2.15. The number of rotatable bonds is 4. The highest BCUT2D eigenvalue weighted by Crippen LogP contribution is 2.29. The molecular weight excluding hydrogens is 294 g/mol. The Hall–Kier alpha value is -1.36. The van der Waals surface area contributed by atoms with E-state index in [0.717, 1.165) is 40.1 Å². The molecule has 0 bridgehead atoms. The third-order valence-corrected chi connectivity index (χ3v) is 3.54. The summed E-state index contributed by atoms with van der Waals surface area (Å²) in [6.45, 7) is 4.12. The van der Waals surface area contributed by atoms with Gasteiger partial charge in [-0.25, -0.2) is 9.97 Å². The van der Waals surface area contributed by atoms with Crippen LogP contribution >= 0.6 is 15.9 Å². The van der Waals surface area contributed by atoms with Gasteiger partial charge in [0.1, 0.15) is 5.82 Å². The van der Waals surface area contributed by atoms with E-state index in [1.165, 1.54) is 0 Å². The van der Waals surface area contributed by atoms with Crippen LogP contribution in [0.15, 0.2) is 21.2 Å². The van der Waals surface area contributed by atoms with Gasteiger partial charge in [-0.05, 0) is 40.9 Å². The summed E-state index contributed by atoms with van der Waals surface area (Å²) in [5.41, 5.74) is 2.05. The van der Waals surface area contributed by atoms with Crippen molar-refractivity contribution in [3.8, 4) is 11.6 Å². The maximum atomic E-state index is 5.45. The van der Waals surface area contributed by atoms with Gasteiger partial charge in [0.25, 0.3) is 0 Å². The Morgan fingerprint density at radius 1 is 1.39 bits per heavy atom. The quantitative estimate of drug-likeness (QED) is 0.933. The van der Waals surface area contributed by atoms with Gasteiger partial charge in [0.15, 0.2) is 11.6 Å². The van der Waals surface area contributed by atoms with Crippen LogP contribution in [0.3, 0.4) is 0 Å². The number of aromatic nitrogens is 2. The van der Waals surface area contributed by atoms with Crippen molar-refractivity contribution in [2.45, 2.75) is 26.7 Å². The minimum Gasteiger partial charge on any atom is -0.461 e. The van der Waals surface area contributed by atoms with E-state index in [4.69, 9.17) is 4.42 Å². The second kappa shape index (κ2) is 5.52. The molecule has 0 spiro atoms. The van der Waals surface area contributed by atoms with E-state index in [2.05, 4.69) is 38.1 Å². The number of halogens is 1. The van der Waals surface area contributed by atoms with Gasteiger partial charge in [-0.1, -0.05) is 13.3 Å². The summed E-state index contributed by atoms with van der Waals surface area (Å²) in [6, 6.07) is 1.92. The molecule has 0 saturated heterocycles. The highest BCUT2D eigenvalue weighted by molar-refractivity contribution is 9.10. The predicted molar refractivity (Wildman–Crippen MR) is 75.7 cm³/mol. The molecule has 0 aliphatic rings. The molecule has 0 aromatic carbocycles. The van der Waals surface area contributed by atoms with Gasteiger partial charge in [-0.15, -0.1) is 0 Å². The second-order valence-electron chi connectivity index (χ2n) is 4.09. The summed E-state index contributed by atoms with van der Waals surface area (Å²) in [5.74, 6) is 2.16. The summed E-state index contributed by atoms with van der Waals surface area (Å²) < 4.78 is 6.39. The van der Waals surface area contributed by atoms with E-state index in [1.54, 1.807) is 6.26 Å². The zero-order valence-electron chi connectivity index (χ0n) is 10.7. The van der Waals surface area contributed by atoms with Crippen LogP contribution in [0.25, 0.3) is 11.6 Å². The van der Waals surface area contributed by atoms with Gasteiger partial charge in [-0.2, -0.15) is 0 Å². The van der Waals surface area contributed by atoms with E-state index in [9.17, 15) is 0 Å². The molecule has 18 heavy (non-hydrogen) atoms. The molecule has 5 heteroatoms. The monoisotopic (exact) mass is 309 g/mol. The minimum atomic E-state index is 0.633. The Bertz CT molecular complexity index is 551. The average molecular weight is 310 g/mol. The van der Waals surface area contributed by atoms with Gasteiger partial charge < -0.3 is 9.73 Å².